The number of hydrogen-bond donors (Lipinski definition) is 2. The molecule has 156 valence electrons. The molecule has 0 aromatic heterocycles. The molecule has 4 fully saturated rings. The van der Waals surface area contributed by atoms with Crippen molar-refractivity contribution in [1.82, 2.24) is 10.2 Å². The van der Waals surface area contributed by atoms with E-state index in [9.17, 15) is 32.7 Å². The lowest BCUT2D eigenvalue weighted by atomic mass is 9.50. The fourth-order valence-corrected chi connectivity index (χ4v) is 5.95. The Morgan fingerprint density at radius 3 is 2.25 bits per heavy atom. The van der Waals surface area contributed by atoms with Gasteiger partial charge >= 0.3 is 18.1 Å². The Morgan fingerprint density at radius 2 is 1.79 bits per heavy atom. The van der Waals surface area contributed by atoms with Gasteiger partial charge in [-0.2, -0.15) is 13.2 Å². The second kappa shape index (κ2) is 5.86. The van der Waals surface area contributed by atoms with Crippen molar-refractivity contribution in [3.05, 3.63) is 0 Å². The van der Waals surface area contributed by atoms with Crippen LogP contribution in [0.2, 0.25) is 0 Å². The first kappa shape index (κ1) is 19.5. The summed E-state index contributed by atoms with van der Waals surface area (Å²) < 4.78 is 38.4. The van der Waals surface area contributed by atoms with Crippen LogP contribution in [0.4, 0.5) is 13.2 Å². The second-order valence-corrected chi connectivity index (χ2v) is 9.70. The molecular weight excluding hydrogens is 377 g/mol. The van der Waals surface area contributed by atoms with Crippen LogP contribution in [-0.4, -0.2) is 52.6 Å². The minimum absolute atomic E-state index is 0.0240. The quantitative estimate of drug-likeness (QED) is 0.755. The van der Waals surface area contributed by atoms with Crippen LogP contribution in [0, 0.1) is 28.6 Å². The van der Waals surface area contributed by atoms with E-state index in [1.165, 1.54) is 4.90 Å². The van der Waals surface area contributed by atoms with Crippen LogP contribution in [-0.2, 0) is 14.4 Å². The number of amides is 2. The highest BCUT2D eigenvalue weighted by Gasteiger charge is 2.70. The van der Waals surface area contributed by atoms with E-state index in [0.29, 0.717) is 12.8 Å². The van der Waals surface area contributed by atoms with E-state index in [-0.39, 0.29) is 35.1 Å². The average molecular weight is 402 g/mol. The van der Waals surface area contributed by atoms with E-state index in [1.54, 1.807) is 0 Å². The van der Waals surface area contributed by atoms with Gasteiger partial charge in [-0.05, 0) is 48.3 Å². The van der Waals surface area contributed by atoms with Gasteiger partial charge in [0.2, 0.25) is 5.91 Å². The van der Waals surface area contributed by atoms with Gasteiger partial charge in [-0.15, -0.1) is 0 Å². The number of hydrogen-bond acceptors (Lipinski definition) is 3. The molecule has 1 heterocycles. The zero-order chi connectivity index (χ0) is 20.6. The molecule has 6 nitrogen and oxygen atoms in total. The Kier molecular flexibility index (Phi) is 4.08. The highest BCUT2D eigenvalue weighted by molar-refractivity contribution is 5.93. The largest absolute Gasteiger partial charge is 0.480 e. The van der Waals surface area contributed by atoms with Crippen molar-refractivity contribution in [3.63, 3.8) is 0 Å². The molecule has 2 N–H and O–H groups in total. The fourth-order valence-electron chi connectivity index (χ4n) is 5.95. The monoisotopic (exact) mass is 402 g/mol. The summed E-state index contributed by atoms with van der Waals surface area (Å²) in [4.78, 5) is 37.7. The van der Waals surface area contributed by atoms with E-state index in [0.717, 1.165) is 19.3 Å². The number of likely N-dealkylation sites (tertiary alicyclic amines) is 1. The lowest BCUT2D eigenvalue weighted by Gasteiger charge is -2.56. The number of halogens is 3. The van der Waals surface area contributed by atoms with Crippen LogP contribution >= 0.6 is 0 Å². The van der Waals surface area contributed by atoms with Gasteiger partial charge in [0, 0.05) is 12.5 Å². The van der Waals surface area contributed by atoms with E-state index in [1.807, 2.05) is 19.2 Å². The zero-order valence-electron chi connectivity index (χ0n) is 15.9. The SMILES string of the molecule is CC1(C)[C@@H]2[C@@H](C(=O)O)N(C(=O)C(NC(=O)C(F)(F)F)C3CC4(CCC4)C3)C[C@@H]21. The van der Waals surface area contributed by atoms with Gasteiger partial charge in [0.25, 0.3) is 0 Å². The normalized spacial score (nSPS) is 35.4. The molecule has 1 saturated heterocycles. The van der Waals surface area contributed by atoms with Crippen molar-refractivity contribution in [2.45, 2.75) is 64.2 Å². The predicted octanol–water partition coefficient (Wildman–Crippen LogP) is 2.18. The summed E-state index contributed by atoms with van der Waals surface area (Å²) in [5.74, 6) is -4.53. The molecule has 1 aliphatic heterocycles. The number of carboxylic acids is 1. The molecule has 1 spiro atoms. The van der Waals surface area contributed by atoms with Crippen LogP contribution in [0.15, 0.2) is 0 Å². The average Bonchev–Trinajstić information content (AvgIpc) is 2.88. The van der Waals surface area contributed by atoms with Crippen LogP contribution in [0.3, 0.4) is 0 Å². The summed E-state index contributed by atoms with van der Waals surface area (Å²) in [6, 6.07) is -2.36. The summed E-state index contributed by atoms with van der Waals surface area (Å²) in [7, 11) is 0. The molecule has 2 amide bonds. The minimum atomic E-state index is -5.09. The van der Waals surface area contributed by atoms with Crippen molar-refractivity contribution in [1.29, 1.82) is 0 Å². The zero-order valence-corrected chi connectivity index (χ0v) is 15.9. The van der Waals surface area contributed by atoms with E-state index in [2.05, 4.69) is 0 Å². The number of alkyl halides is 3. The van der Waals surface area contributed by atoms with Crippen LogP contribution < -0.4 is 5.32 Å². The maximum atomic E-state index is 13.1. The van der Waals surface area contributed by atoms with Crippen molar-refractivity contribution >= 4 is 17.8 Å². The molecular formula is C19H25F3N2O4. The number of rotatable bonds is 4. The molecule has 1 unspecified atom stereocenters. The summed E-state index contributed by atoms with van der Waals surface area (Å²) in [6.07, 6.45) is -0.810. The number of piperidine rings is 1. The molecule has 28 heavy (non-hydrogen) atoms. The second-order valence-electron chi connectivity index (χ2n) is 9.70. The third-order valence-electron chi connectivity index (χ3n) is 7.83. The Labute approximate surface area is 160 Å². The predicted molar refractivity (Wildman–Crippen MR) is 90.9 cm³/mol. The van der Waals surface area contributed by atoms with Crippen LogP contribution in [0.25, 0.3) is 0 Å². The molecule has 9 heteroatoms. The maximum Gasteiger partial charge on any atom is 0.471 e. The lowest BCUT2D eigenvalue weighted by Crippen LogP contribution is -2.61. The number of aliphatic carboxylic acids is 1. The van der Waals surface area contributed by atoms with Crippen LogP contribution in [0.1, 0.15) is 46.0 Å². The lowest BCUT2D eigenvalue weighted by molar-refractivity contribution is -0.177. The van der Waals surface area contributed by atoms with Gasteiger partial charge < -0.3 is 15.3 Å². The summed E-state index contributed by atoms with van der Waals surface area (Å²) in [5.41, 5.74) is -0.0928. The topological polar surface area (TPSA) is 86.7 Å². The Morgan fingerprint density at radius 1 is 1.18 bits per heavy atom. The number of nitrogens with one attached hydrogen (secondary N) is 1. The Balaban J connectivity index is 1.53. The molecule has 0 radical (unpaired) electrons. The third-order valence-corrected chi connectivity index (χ3v) is 7.83. The number of fused-ring (bicyclic) bond motifs is 1. The van der Waals surface area contributed by atoms with Crippen molar-refractivity contribution in [2.24, 2.45) is 28.6 Å². The summed E-state index contributed by atoms with van der Waals surface area (Å²) >= 11 is 0. The van der Waals surface area contributed by atoms with E-state index in [4.69, 9.17) is 0 Å². The Hall–Kier alpha value is -1.80. The molecule has 3 saturated carbocycles. The van der Waals surface area contributed by atoms with Gasteiger partial charge in [0.1, 0.15) is 12.1 Å². The van der Waals surface area contributed by atoms with Gasteiger partial charge in [-0.3, -0.25) is 9.59 Å². The van der Waals surface area contributed by atoms with Crippen LogP contribution in [0.5, 0.6) is 0 Å². The van der Waals surface area contributed by atoms with E-state index < -0.39 is 36.0 Å². The van der Waals surface area contributed by atoms with Gasteiger partial charge in [-0.1, -0.05) is 20.3 Å². The van der Waals surface area contributed by atoms with Gasteiger partial charge in [-0.25, -0.2) is 4.79 Å². The highest BCUT2D eigenvalue weighted by Crippen LogP contribution is 2.65. The van der Waals surface area contributed by atoms with Gasteiger partial charge in [0.15, 0.2) is 0 Å². The number of carbonyl (C=O) groups excluding carboxylic acids is 2. The first-order valence-electron chi connectivity index (χ1n) is 9.78. The van der Waals surface area contributed by atoms with Crippen molar-refractivity contribution in [2.75, 3.05) is 6.54 Å². The number of carbonyl (C=O) groups is 3. The number of carboxylic acid groups (broad SMARTS) is 1. The molecule has 0 bridgehead atoms. The van der Waals surface area contributed by atoms with Crippen molar-refractivity contribution in [3.8, 4) is 0 Å². The third kappa shape index (κ3) is 2.80. The first-order valence-corrected chi connectivity index (χ1v) is 9.78. The fraction of sp³-hybridized carbons (Fsp3) is 0.842. The highest BCUT2D eigenvalue weighted by atomic mass is 19.4. The van der Waals surface area contributed by atoms with E-state index >= 15 is 0 Å². The smallest absolute Gasteiger partial charge is 0.471 e. The molecule has 4 rings (SSSR count). The molecule has 0 aromatic rings. The van der Waals surface area contributed by atoms with Crippen molar-refractivity contribution < 1.29 is 32.7 Å². The maximum absolute atomic E-state index is 13.1. The standard InChI is InChI=1S/C19H25F3N2O4/c1-17(2)10-8-24(13(11(10)17)15(26)27)14(25)12(23-16(28)19(20,21)22)9-6-18(7-9)4-3-5-18/h9-13H,3-8H2,1-2H3,(H,23,28)(H,26,27)/t10-,11-,12?,13-/m0/s1. The van der Waals surface area contributed by atoms with Gasteiger partial charge in [0.05, 0.1) is 0 Å². The minimum Gasteiger partial charge on any atom is -0.480 e. The molecule has 4 atom stereocenters. The first-order chi connectivity index (χ1) is 12.9. The number of nitrogens with zero attached hydrogens (tertiary/aromatic N) is 1. The summed E-state index contributed by atoms with van der Waals surface area (Å²) in [5, 5.41) is 11.5. The molecule has 0 aromatic carbocycles. The molecule has 4 aliphatic rings. The molecule has 3 aliphatic carbocycles. The Bertz CT molecular complexity index is 723. The summed E-state index contributed by atoms with van der Waals surface area (Å²) in [6.45, 7) is 4.09.